The van der Waals surface area contributed by atoms with Gasteiger partial charge in [-0.05, 0) is 24.5 Å². The predicted molar refractivity (Wildman–Crippen MR) is 99.8 cm³/mol. The highest BCUT2D eigenvalue weighted by Gasteiger charge is 2.35. The van der Waals surface area contributed by atoms with Gasteiger partial charge in [-0.2, -0.15) is 0 Å². The Morgan fingerprint density at radius 3 is 2.70 bits per heavy atom. The second-order valence-corrected chi connectivity index (χ2v) is 9.01. The molecule has 8 nitrogen and oxygen atoms in total. The number of piperidine rings is 1. The van der Waals surface area contributed by atoms with Gasteiger partial charge in [0.2, 0.25) is 20.9 Å². The molecule has 0 spiro atoms. The monoisotopic (exact) mass is 387 g/mol. The smallest absolute Gasteiger partial charge is 0.249 e. The van der Waals surface area contributed by atoms with Crippen LogP contribution in [0.2, 0.25) is 0 Å². The van der Waals surface area contributed by atoms with Gasteiger partial charge in [-0.3, -0.25) is 4.79 Å². The molecule has 3 aromatic rings. The molecule has 3 heterocycles. The van der Waals surface area contributed by atoms with Crippen molar-refractivity contribution in [2.45, 2.75) is 29.7 Å². The first-order chi connectivity index (χ1) is 13.0. The Labute approximate surface area is 157 Å². The number of likely N-dealkylation sites (tertiary alicyclic amines) is 1. The maximum atomic E-state index is 12.7. The summed E-state index contributed by atoms with van der Waals surface area (Å²) < 4.78 is 26.9. The molecule has 0 atom stereocenters. The molecule has 4 rings (SSSR count). The minimum absolute atomic E-state index is 0.00827. The van der Waals surface area contributed by atoms with Crippen LogP contribution in [0.4, 0.5) is 0 Å². The number of benzene rings is 1. The first kappa shape index (κ1) is 17.7. The molecule has 2 aromatic heterocycles. The van der Waals surface area contributed by atoms with E-state index >= 15 is 0 Å². The Morgan fingerprint density at radius 2 is 2.00 bits per heavy atom. The number of hydrogen-bond acceptors (Lipinski definition) is 5. The van der Waals surface area contributed by atoms with E-state index in [2.05, 4.69) is 15.2 Å². The number of aromatic amines is 1. The van der Waals surface area contributed by atoms with E-state index < -0.39 is 15.1 Å². The van der Waals surface area contributed by atoms with E-state index in [4.69, 9.17) is 0 Å². The lowest BCUT2D eigenvalue weighted by Crippen LogP contribution is -2.43. The molecule has 1 aliphatic rings. The minimum Gasteiger partial charge on any atom is -0.361 e. The Bertz CT molecular complexity index is 1080. The number of H-pyrrole nitrogens is 1. The number of carbonyl (C=O) groups is 1. The highest BCUT2D eigenvalue weighted by molar-refractivity contribution is 7.91. The molecular formula is C18H21N5O3S. The number of aryl methyl sites for hydroxylation is 1. The van der Waals surface area contributed by atoms with Crippen molar-refractivity contribution in [2.75, 3.05) is 13.1 Å². The first-order valence-electron chi connectivity index (χ1n) is 8.87. The van der Waals surface area contributed by atoms with E-state index in [-0.39, 0.29) is 11.1 Å². The molecule has 9 heteroatoms. The van der Waals surface area contributed by atoms with Gasteiger partial charge in [-0.1, -0.05) is 18.2 Å². The predicted octanol–water partition coefficient (Wildman–Crippen LogP) is 1.30. The van der Waals surface area contributed by atoms with Crippen molar-refractivity contribution in [1.82, 2.24) is 24.6 Å². The van der Waals surface area contributed by atoms with Gasteiger partial charge in [0.1, 0.15) is 6.33 Å². The van der Waals surface area contributed by atoms with Crippen LogP contribution in [-0.2, 0) is 28.1 Å². The molecule has 1 aliphatic heterocycles. The summed E-state index contributed by atoms with van der Waals surface area (Å²) in [6, 6.07) is 7.88. The van der Waals surface area contributed by atoms with Crippen LogP contribution in [0.3, 0.4) is 0 Å². The molecule has 0 aliphatic carbocycles. The van der Waals surface area contributed by atoms with Crippen LogP contribution in [0, 0.1) is 0 Å². The standard InChI is InChI=1S/C18H21N5O3S/c1-22-12-20-21-18(22)27(25,26)14-6-8-23(9-7-14)17(24)10-13-11-19-16-5-3-2-4-15(13)16/h2-5,11-12,14,19H,6-10H2,1H3. The number of sulfone groups is 1. The number of amides is 1. The average Bonchev–Trinajstić information content (AvgIpc) is 3.29. The van der Waals surface area contributed by atoms with Crippen LogP contribution in [0.1, 0.15) is 18.4 Å². The normalized spacial score (nSPS) is 16.1. The van der Waals surface area contributed by atoms with Gasteiger partial charge in [0.15, 0.2) is 0 Å². The van der Waals surface area contributed by atoms with Gasteiger partial charge < -0.3 is 14.5 Å². The zero-order valence-electron chi connectivity index (χ0n) is 15.0. The van der Waals surface area contributed by atoms with E-state index in [1.165, 1.54) is 10.9 Å². The third kappa shape index (κ3) is 3.23. The molecule has 0 unspecified atom stereocenters. The van der Waals surface area contributed by atoms with Crippen LogP contribution >= 0.6 is 0 Å². The lowest BCUT2D eigenvalue weighted by atomic mass is 10.1. The summed E-state index contributed by atoms with van der Waals surface area (Å²) in [5.41, 5.74) is 1.97. The van der Waals surface area contributed by atoms with Gasteiger partial charge in [0.25, 0.3) is 0 Å². The fourth-order valence-corrected chi connectivity index (χ4v) is 5.39. The summed E-state index contributed by atoms with van der Waals surface area (Å²) in [7, 11) is -1.91. The Kier molecular flexibility index (Phi) is 4.47. The molecule has 0 radical (unpaired) electrons. The second-order valence-electron chi connectivity index (χ2n) is 6.89. The van der Waals surface area contributed by atoms with Crippen molar-refractivity contribution >= 4 is 26.6 Å². The number of nitrogens with one attached hydrogen (secondary N) is 1. The first-order valence-corrected chi connectivity index (χ1v) is 10.4. The average molecular weight is 387 g/mol. The van der Waals surface area contributed by atoms with Crippen molar-refractivity contribution in [3.63, 3.8) is 0 Å². The number of nitrogens with zero attached hydrogens (tertiary/aromatic N) is 4. The summed E-state index contributed by atoms with van der Waals surface area (Å²) in [5, 5.41) is 7.90. The van der Waals surface area contributed by atoms with Crippen LogP contribution in [0.5, 0.6) is 0 Å². The molecule has 1 amide bonds. The topological polar surface area (TPSA) is 101 Å². The van der Waals surface area contributed by atoms with Gasteiger partial charge in [-0.25, -0.2) is 8.42 Å². The number of aromatic nitrogens is 4. The highest BCUT2D eigenvalue weighted by Crippen LogP contribution is 2.24. The molecule has 1 aromatic carbocycles. The largest absolute Gasteiger partial charge is 0.361 e. The molecule has 142 valence electrons. The molecule has 1 N–H and O–H groups in total. The number of hydrogen-bond donors (Lipinski definition) is 1. The van der Waals surface area contributed by atoms with Gasteiger partial charge in [0.05, 0.1) is 11.7 Å². The summed E-state index contributed by atoms with van der Waals surface area (Å²) in [6.45, 7) is 0.867. The minimum atomic E-state index is -3.53. The van der Waals surface area contributed by atoms with E-state index in [9.17, 15) is 13.2 Å². The van der Waals surface area contributed by atoms with E-state index in [0.29, 0.717) is 32.4 Å². The summed E-state index contributed by atoms with van der Waals surface area (Å²) >= 11 is 0. The lowest BCUT2D eigenvalue weighted by Gasteiger charge is -2.31. The second kappa shape index (κ2) is 6.80. The molecule has 27 heavy (non-hydrogen) atoms. The fourth-order valence-electron chi connectivity index (χ4n) is 3.65. The molecule has 0 saturated carbocycles. The molecule has 1 saturated heterocycles. The summed E-state index contributed by atoms with van der Waals surface area (Å²) in [5.74, 6) is 0.0225. The summed E-state index contributed by atoms with van der Waals surface area (Å²) in [4.78, 5) is 17.6. The lowest BCUT2D eigenvalue weighted by molar-refractivity contribution is -0.131. The highest BCUT2D eigenvalue weighted by atomic mass is 32.2. The molecule has 0 bridgehead atoms. The SMILES string of the molecule is Cn1cnnc1S(=O)(=O)C1CCN(C(=O)Cc2c[nH]c3ccccc23)CC1. The third-order valence-electron chi connectivity index (χ3n) is 5.17. The number of carbonyl (C=O) groups excluding carboxylic acids is 1. The van der Waals surface area contributed by atoms with Crippen molar-refractivity contribution in [3.8, 4) is 0 Å². The van der Waals surface area contributed by atoms with Crippen molar-refractivity contribution < 1.29 is 13.2 Å². The quantitative estimate of drug-likeness (QED) is 0.727. The Morgan fingerprint density at radius 1 is 1.26 bits per heavy atom. The Hall–Kier alpha value is -2.68. The number of para-hydroxylation sites is 1. The van der Waals surface area contributed by atoms with Gasteiger partial charge in [0, 0.05) is 37.2 Å². The fraction of sp³-hybridized carbons (Fsp3) is 0.389. The van der Waals surface area contributed by atoms with Gasteiger partial charge in [-0.15, -0.1) is 10.2 Å². The zero-order chi connectivity index (χ0) is 19.0. The van der Waals surface area contributed by atoms with E-state index in [1.54, 1.807) is 11.9 Å². The van der Waals surface area contributed by atoms with Crippen LogP contribution in [0.25, 0.3) is 10.9 Å². The van der Waals surface area contributed by atoms with Crippen molar-refractivity contribution in [1.29, 1.82) is 0 Å². The molecule has 1 fully saturated rings. The van der Waals surface area contributed by atoms with Crippen molar-refractivity contribution in [2.24, 2.45) is 7.05 Å². The maximum absolute atomic E-state index is 12.7. The van der Waals surface area contributed by atoms with E-state index in [0.717, 1.165) is 16.5 Å². The molecular weight excluding hydrogens is 366 g/mol. The third-order valence-corrected chi connectivity index (χ3v) is 7.40. The number of rotatable bonds is 4. The number of fused-ring (bicyclic) bond motifs is 1. The zero-order valence-corrected chi connectivity index (χ0v) is 15.8. The van der Waals surface area contributed by atoms with Crippen LogP contribution < -0.4 is 0 Å². The van der Waals surface area contributed by atoms with Crippen LogP contribution in [0.15, 0.2) is 41.9 Å². The van der Waals surface area contributed by atoms with Gasteiger partial charge >= 0.3 is 0 Å². The van der Waals surface area contributed by atoms with Crippen LogP contribution in [-0.4, -0.2) is 57.3 Å². The Balaban J connectivity index is 1.42. The van der Waals surface area contributed by atoms with Crippen molar-refractivity contribution in [3.05, 3.63) is 42.4 Å². The maximum Gasteiger partial charge on any atom is 0.249 e. The summed E-state index contributed by atoms with van der Waals surface area (Å²) in [6.07, 6.45) is 4.38. The van der Waals surface area contributed by atoms with E-state index in [1.807, 2.05) is 30.5 Å².